The molecule has 41 heavy (non-hydrogen) atoms. The minimum Gasteiger partial charge on any atom is -0.465 e. The first-order chi connectivity index (χ1) is 19.7. The van der Waals surface area contributed by atoms with Gasteiger partial charge in [-0.3, -0.25) is 14.4 Å². The second kappa shape index (κ2) is 13.3. The quantitative estimate of drug-likeness (QED) is 0.172. The second-order valence-corrected chi connectivity index (χ2v) is 13.6. The number of ether oxygens (including phenoxy) is 1. The summed E-state index contributed by atoms with van der Waals surface area (Å²) in [6.07, 6.45) is 7.42. The zero-order valence-electron chi connectivity index (χ0n) is 24.3. The summed E-state index contributed by atoms with van der Waals surface area (Å²) in [4.78, 5) is 46.1. The van der Waals surface area contributed by atoms with E-state index in [-0.39, 0.29) is 48.0 Å². The third-order valence-corrected chi connectivity index (χ3v) is 11.6. The molecule has 0 saturated carbocycles. The van der Waals surface area contributed by atoms with Crippen LogP contribution < -0.4 is 4.90 Å². The van der Waals surface area contributed by atoms with Gasteiger partial charge in [-0.1, -0.05) is 50.9 Å². The van der Waals surface area contributed by atoms with Gasteiger partial charge in [-0.25, -0.2) is 0 Å². The first-order valence-corrected chi connectivity index (χ1v) is 16.0. The lowest BCUT2D eigenvalue weighted by molar-refractivity contribution is -0.155. The molecular weight excluding hydrogens is 560 g/mol. The standard InChI is InChI=1S/C32H43ClN2O5S/c1-6-9-10-11-17-40-31(39)26-25-18-21(5)32(41-25)27(26)29(37)35(24(19-36)20(4)8-3)28(32)30(38)34(16-7-2)23-14-12-22(33)13-15-23/h6-7,12-15,20-21,24-28,36H,1-2,8-11,16-19H2,3-5H3/t20-,21?,24-,25+,26-,27-,28?,32?/m0/s1. The fourth-order valence-corrected chi connectivity index (χ4v) is 9.57. The van der Waals surface area contributed by atoms with Gasteiger partial charge < -0.3 is 19.6 Å². The van der Waals surface area contributed by atoms with Gasteiger partial charge in [0.15, 0.2) is 0 Å². The van der Waals surface area contributed by atoms with E-state index in [4.69, 9.17) is 16.3 Å². The molecule has 224 valence electrons. The number of carbonyl (C=O) groups is 3. The number of aliphatic hydroxyl groups is 1. The summed E-state index contributed by atoms with van der Waals surface area (Å²) < 4.78 is 4.93. The Morgan fingerprint density at radius 2 is 1.98 bits per heavy atom. The van der Waals surface area contributed by atoms with E-state index in [0.29, 0.717) is 17.3 Å². The number of amides is 2. The van der Waals surface area contributed by atoms with E-state index in [1.807, 2.05) is 19.9 Å². The third kappa shape index (κ3) is 5.59. The van der Waals surface area contributed by atoms with Gasteiger partial charge in [0.1, 0.15) is 6.04 Å². The Bertz CT molecular complexity index is 1150. The van der Waals surface area contributed by atoms with E-state index in [1.54, 1.807) is 51.9 Å². The molecule has 0 radical (unpaired) electrons. The number of carbonyl (C=O) groups excluding carboxylic acids is 3. The van der Waals surface area contributed by atoms with Crippen molar-refractivity contribution < 1.29 is 24.2 Å². The Kier molecular flexibility index (Phi) is 10.3. The van der Waals surface area contributed by atoms with E-state index in [2.05, 4.69) is 20.1 Å². The predicted molar refractivity (Wildman–Crippen MR) is 165 cm³/mol. The normalized spacial score (nSPS) is 29.6. The van der Waals surface area contributed by atoms with Crippen molar-refractivity contribution in [1.29, 1.82) is 0 Å². The summed E-state index contributed by atoms with van der Waals surface area (Å²) >= 11 is 7.76. The lowest BCUT2D eigenvalue weighted by atomic mass is 9.66. The van der Waals surface area contributed by atoms with Crippen molar-refractivity contribution in [2.75, 3.05) is 24.7 Å². The summed E-state index contributed by atoms with van der Waals surface area (Å²) in [7, 11) is 0. The van der Waals surface area contributed by atoms with Crippen LogP contribution in [-0.2, 0) is 19.1 Å². The predicted octanol–water partition coefficient (Wildman–Crippen LogP) is 5.50. The van der Waals surface area contributed by atoms with Gasteiger partial charge in [0.25, 0.3) is 5.91 Å². The summed E-state index contributed by atoms with van der Waals surface area (Å²) in [5.74, 6) is -2.17. The molecule has 2 amide bonds. The van der Waals surface area contributed by atoms with Crippen LogP contribution in [0, 0.1) is 23.7 Å². The number of hydrogen-bond donors (Lipinski definition) is 1. The highest BCUT2D eigenvalue weighted by molar-refractivity contribution is 8.02. The lowest BCUT2D eigenvalue weighted by Crippen LogP contribution is -2.60. The third-order valence-electron chi connectivity index (χ3n) is 9.30. The number of halogens is 1. The molecule has 0 aliphatic carbocycles. The largest absolute Gasteiger partial charge is 0.465 e. The van der Waals surface area contributed by atoms with Crippen molar-refractivity contribution >= 4 is 46.8 Å². The molecule has 3 aliphatic heterocycles. The second-order valence-electron chi connectivity index (χ2n) is 11.6. The summed E-state index contributed by atoms with van der Waals surface area (Å²) in [6, 6.07) is 5.63. The Hall–Kier alpha value is -2.29. The molecule has 3 heterocycles. The molecule has 7 nitrogen and oxygen atoms in total. The highest BCUT2D eigenvalue weighted by atomic mass is 35.5. The molecular formula is C32H43ClN2O5S. The zero-order chi connectivity index (χ0) is 29.9. The first-order valence-electron chi connectivity index (χ1n) is 14.7. The number of unbranched alkanes of at least 4 members (excludes halogenated alkanes) is 2. The van der Waals surface area contributed by atoms with E-state index in [1.165, 1.54) is 0 Å². The van der Waals surface area contributed by atoms with Crippen LogP contribution in [0.4, 0.5) is 5.69 Å². The molecule has 3 unspecified atom stereocenters. The smallest absolute Gasteiger partial charge is 0.310 e. The van der Waals surface area contributed by atoms with E-state index in [0.717, 1.165) is 32.1 Å². The fourth-order valence-electron chi connectivity index (χ4n) is 7.06. The number of esters is 1. The number of allylic oxidation sites excluding steroid dienone is 1. The molecule has 3 aliphatic rings. The van der Waals surface area contributed by atoms with Crippen LogP contribution >= 0.6 is 23.4 Å². The van der Waals surface area contributed by atoms with Gasteiger partial charge in [-0.05, 0) is 61.8 Å². The molecule has 1 N–H and O–H groups in total. The van der Waals surface area contributed by atoms with Crippen molar-refractivity contribution in [3.63, 3.8) is 0 Å². The number of thioether (sulfide) groups is 1. The van der Waals surface area contributed by atoms with Gasteiger partial charge in [-0.2, -0.15) is 0 Å². The van der Waals surface area contributed by atoms with Crippen LogP contribution in [0.15, 0.2) is 49.6 Å². The first kappa shape index (κ1) is 31.6. The van der Waals surface area contributed by atoms with Crippen molar-refractivity contribution in [1.82, 2.24) is 4.90 Å². The molecule has 4 rings (SSSR count). The monoisotopic (exact) mass is 602 g/mol. The number of benzene rings is 1. The number of likely N-dealkylation sites (tertiary alicyclic amines) is 1. The molecule has 2 bridgehead atoms. The SMILES string of the molecule is C=CCCCCOC(=O)[C@@H]1[C@H]2C(=O)N([C@@H](CO)[C@@H](C)CC)C(C(=O)N(CC=C)c3ccc(Cl)cc3)C23S[C@@H]1CC3C. The van der Waals surface area contributed by atoms with E-state index >= 15 is 0 Å². The van der Waals surface area contributed by atoms with Crippen molar-refractivity contribution in [2.45, 2.75) is 75.0 Å². The summed E-state index contributed by atoms with van der Waals surface area (Å²) in [5.41, 5.74) is 0.649. The molecule has 1 aromatic rings. The van der Waals surface area contributed by atoms with Crippen molar-refractivity contribution in [3.8, 4) is 0 Å². The topological polar surface area (TPSA) is 87.1 Å². The Balaban J connectivity index is 1.77. The fraction of sp³-hybridized carbons (Fsp3) is 0.594. The number of fused-ring (bicyclic) bond motifs is 1. The average molecular weight is 603 g/mol. The highest BCUT2D eigenvalue weighted by Gasteiger charge is 2.77. The van der Waals surface area contributed by atoms with Gasteiger partial charge in [-0.15, -0.1) is 24.9 Å². The molecule has 1 aromatic carbocycles. The minimum absolute atomic E-state index is 0.00844. The maximum absolute atomic E-state index is 14.8. The van der Waals surface area contributed by atoms with Crippen LogP contribution in [0.2, 0.25) is 5.02 Å². The maximum atomic E-state index is 14.8. The number of nitrogens with zero attached hydrogens (tertiary/aromatic N) is 2. The molecule has 3 saturated heterocycles. The van der Waals surface area contributed by atoms with Crippen molar-refractivity contribution in [2.24, 2.45) is 23.7 Å². The van der Waals surface area contributed by atoms with Gasteiger partial charge >= 0.3 is 5.97 Å². The van der Waals surface area contributed by atoms with Crippen LogP contribution in [0.5, 0.6) is 0 Å². The van der Waals surface area contributed by atoms with E-state index in [9.17, 15) is 19.5 Å². The minimum atomic E-state index is -0.850. The average Bonchev–Trinajstić information content (AvgIpc) is 3.56. The lowest BCUT2D eigenvalue weighted by Gasteiger charge is -2.43. The van der Waals surface area contributed by atoms with Gasteiger partial charge in [0, 0.05) is 22.5 Å². The van der Waals surface area contributed by atoms with Gasteiger partial charge in [0.05, 0.1) is 35.8 Å². The van der Waals surface area contributed by atoms with Crippen LogP contribution in [0.25, 0.3) is 0 Å². The molecule has 1 spiro atoms. The number of hydrogen-bond acceptors (Lipinski definition) is 6. The number of aliphatic hydroxyl groups excluding tert-OH is 1. The summed E-state index contributed by atoms with van der Waals surface area (Å²) in [5, 5.41) is 11.1. The molecule has 9 heteroatoms. The highest BCUT2D eigenvalue weighted by Crippen LogP contribution is 2.69. The Morgan fingerprint density at radius 1 is 1.27 bits per heavy atom. The molecule has 8 atom stereocenters. The number of rotatable bonds is 14. The Labute approximate surface area is 253 Å². The molecule has 3 fully saturated rings. The van der Waals surface area contributed by atoms with Crippen molar-refractivity contribution in [3.05, 3.63) is 54.6 Å². The molecule has 0 aromatic heterocycles. The Morgan fingerprint density at radius 3 is 2.59 bits per heavy atom. The van der Waals surface area contributed by atoms with Crippen LogP contribution in [0.1, 0.15) is 52.9 Å². The zero-order valence-corrected chi connectivity index (χ0v) is 25.9. The van der Waals surface area contributed by atoms with Gasteiger partial charge in [0.2, 0.25) is 5.91 Å². The maximum Gasteiger partial charge on any atom is 0.310 e. The van der Waals surface area contributed by atoms with Crippen LogP contribution in [0.3, 0.4) is 0 Å². The number of anilines is 1. The van der Waals surface area contributed by atoms with Crippen LogP contribution in [-0.4, -0.2) is 69.6 Å². The summed E-state index contributed by atoms with van der Waals surface area (Å²) in [6.45, 7) is 14.0. The van der Waals surface area contributed by atoms with E-state index < -0.39 is 28.7 Å².